The molecule has 1 aromatic rings. The van der Waals surface area contributed by atoms with Crippen molar-refractivity contribution in [1.82, 2.24) is 9.80 Å². The predicted octanol–water partition coefficient (Wildman–Crippen LogP) is 2.30. The van der Waals surface area contributed by atoms with Gasteiger partial charge in [-0.25, -0.2) is 4.79 Å². The average molecular weight is 301 g/mol. The normalized spacial score (nSPS) is 15.6. The second kappa shape index (κ2) is 5.19. The fourth-order valence-electron chi connectivity index (χ4n) is 1.81. The summed E-state index contributed by atoms with van der Waals surface area (Å²) in [6.45, 7) is 1.66. The molecule has 0 radical (unpaired) electrons. The van der Waals surface area contributed by atoms with E-state index < -0.39 is 17.8 Å². The Morgan fingerprint density at radius 1 is 1.00 bits per heavy atom. The minimum Gasteiger partial charge on any atom is -0.263 e. The van der Waals surface area contributed by atoms with E-state index in [2.05, 4.69) is 0 Å². The van der Waals surface area contributed by atoms with E-state index in [1.807, 2.05) is 0 Å². The number of amides is 4. The molecule has 0 aromatic heterocycles. The van der Waals surface area contributed by atoms with Gasteiger partial charge in [-0.05, 0) is 19.1 Å². The molecule has 1 heterocycles. The molecule has 4 amide bonds. The van der Waals surface area contributed by atoms with Gasteiger partial charge in [-0.2, -0.15) is 0 Å². The zero-order valence-corrected chi connectivity index (χ0v) is 11.5. The average Bonchev–Trinajstić information content (AvgIpc) is 2.57. The van der Waals surface area contributed by atoms with E-state index in [0.29, 0.717) is 15.6 Å². The van der Waals surface area contributed by atoms with Crippen molar-refractivity contribution in [2.75, 3.05) is 6.54 Å². The number of halogens is 2. The number of rotatable bonds is 3. The molecule has 7 heteroatoms. The lowest BCUT2D eigenvalue weighted by molar-refractivity contribution is -0.143. The summed E-state index contributed by atoms with van der Waals surface area (Å²) in [5.41, 5.74) is 0.443. The zero-order chi connectivity index (χ0) is 14.2. The van der Waals surface area contributed by atoms with Gasteiger partial charge >= 0.3 is 17.8 Å². The molecular formula is C12H10Cl2N2O3. The molecule has 0 bridgehead atoms. The van der Waals surface area contributed by atoms with Crippen LogP contribution >= 0.6 is 23.2 Å². The zero-order valence-electron chi connectivity index (χ0n) is 10.0. The van der Waals surface area contributed by atoms with Crippen LogP contribution in [0.2, 0.25) is 10.0 Å². The van der Waals surface area contributed by atoms with Crippen LogP contribution in [0.25, 0.3) is 0 Å². The maximum atomic E-state index is 11.9. The van der Waals surface area contributed by atoms with E-state index in [1.165, 1.54) is 0 Å². The lowest BCUT2D eigenvalue weighted by atomic mass is 10.2. The summed E-state index contributed by atoms with van der Waals surface area (Å²) >= 11 is 12.0. The molecule has 1 fully saturated rings. The number of likely N-dealkylation sites (N-methyl/N-ethyl adjacent to an activating group) is 1. The number of hydrogen-bond acceptors (Lipinski definition) is 3. The Morgan fingerprint density at radius 3 is 2.00 bits per heavy atom. The highest BCUT2D eigenvalue weighted by Gasteiger charge is 2.43. The number of imide groups is 2. The summed E-state index contributed by atoms with van der Waals surface area (Å²) in [7, 11) is 0. The Balaban J connectivity index is 2.32. The molecular weight excluding hydrogens is 291 g/mol. The van der Waals surface area contributed by atoms with Gasteiger partial charge in [0.15, 0.2) is 0 Å². The van der Waals surface area contributed by atoms with Gasteiger partial charge in [0, 0.05) is 22.2 Å². The van der Waals surface area contributed by atoms with Crippen molar-refractivity contribution < 1.29 is 14.4 Å². The largest absolute Gasteiger partial charge is 0.334 e. The van der Waals surface area contributed by atoms with Gasteiger partial charge in [0.25, 0.3) is 0 Å². The molecule has 0 spiro atoms. The topological polar surface area (TPSA) is 57.7 Å². The summed E-state index contributed by atoms with van der Waals surface area (Å²) in [6.07, 6.45) is 0. The van der Waals surface area contributed by atoms with Crippen molar-refractivity contribution in [2.24, 2.45) is 0 Å². The van der Waals surface area contributed by atoms with E-state index in [1.54, 1.807) is 25.1 Å². The molecule has 1 aliphatic rings. The fraction of sp³-hybridized carbons (Fsp3) is 0.250. The minimum absolute atomic E-state index is 0.113. The molecule has 5 nitrogen and oxygen atoms in total. The summed E-state index contributed by atoms with van der Waals surface area (Å²) < 4.78 is 0. The first-order valence-corrected chi connectivity index (χ1v) is 6.33. The van der Waals surface area contributed by atoms with Crippen molar-refractivity contribution in [2.45, 2.75) is 13.5 Å². The van der Waals surface area contributed by atoms with Crippen LogP contribution in [0.1, 0.15) is 12.5 Å². The number of hydrogen-bond donors (Lipinski definition) is 0. The van der Waals surface area contributed by atoms with Crippen LogP contribution in [0.5, 0.6) is 0 Å². The highest BCUT2D eigenvalue weighted by atomic mass is 35.5. The van der Waals surface area contributed by atoms with Crippen molar-refractivity contribution >= 4 is 41.0 Å². The molecule has 0 atom stereocenters. The van der Waals surface area contributed by atoms with Gasteiger partial charge in [0.2, 0.25) is 0 Å². The van der Waals surface area contributed by atoms with Crippen molar-refractivity contribution in [1.29, 1.82) is 0 Å². The van der Waals surface area contributed by atoms with E-state index in [0.717, 1.165) is 9.80 Å². The summed E-state index contributed by atoms with van der Waals surface area (Å²) in [5, 5.41) is 0.686. The van der Waals surface area contributed by atoms with Crippen LogP contribution < -0.4 is 0 Å². The predicted molar refractivity (Wildman–Crippen MR) is 69.8 cm³/mol. The van der Waals surface area contributed by atoms with Crippen LogP contribution in [0.15, 0.2) is 18.2 Å². The maximum absolute atomic E-state index is 11.9. The first-order chi connectivity index (χ1) is 8.97. The van der Waals surface area contributed by atoms with E-state index in [9.17, 15) is 14.4 Å². The Morgan fingerprint density at radius 2 is 1.53 bits per heavy atom. The van der Waals surface area contributed by atoms with Crippen molar-refractivity contribution in [3.8, 4) is 0 Å². The summed E-state index contributed by atoms with van der Waals surface area (Å²) in [6, 6.07) is 4.22. The number of carbonyl (C=O) groups is 3. The highest BCUT2D eigenvalue weighted by molar-refractivity contribution is 6.44. The molecule has 0 unspecified atom stereocenters. The molecule has 1 aromatic carbocycles. The first kappa shape index (κ1) is 13.8. The molecule has 0 N–H and O–H groups in total. The third kappa shape index (κ3) is 2.31. The second-order valence-electron chi connectivity index (χ2n) is 3.92. The van der Waals surface area contributed by atoms with Crippen molar-refractivity contribution in [3.63, 3.8) is 0 Å². The Kier molecular flexibility index (Phi) is 3.78. The Hall–Kier alpha value is -1.59. The van der Waals surface area contributed by atoms with Gasteiger partial charge in [-0.15, -0.1) is 0 Å². The smallest absolute Gasteiger partial charge is 0.263 e. The maximum Gasteiger partial charge on any atom is 0.334 e. The molecule has 19 heavy (non-hydrogen) atoms. The SMILES string of the molecule is CCN1C(=O)C(=O)N(Cc2c(Cl)cccc2Cl)C1=O. The fourth-order valence-corrected chi connectivity index (χ4v) is 2.33. The van der Waals surface area contributed by atoms with Crippen LogP contribution in [0, 0.1) is 0 Å². The highest BCUT2D eigenvalue weighted by Crippen LogP contribution is 2.27. The molecule has 2 rings (SSSR count). The minimum atomic E-state index is -0.858. The van der Waals surface area contributed by atoms with Gasteiger partial charge in [0.05, 0.1) is 6.54 Å². The van der Waals surface area contributed by atoms with Crippen LogP contribution in [0.4, 0.5) is 4.79 Å². The number of carbonyl (C=O) groups excluding carboxylic acids is 3. The van der Waals surface area contributed by atoms with Gasteiger partial charge in [0.1, 0.15) is 0 Å². The van der Waals surface area contributed by atoms with Gasteiger partial charge < -0.3 is 0 Å². The van der Waals surface area contributed by atoms with Gasteiger partial charge in [-0.3, -0.25) is 19.4 Å². The molecule has 0 saturated carbocycles. The van der Waals surface area contributed by atoms with E-state index in [4.69, 9.17) is 23.2 Å². The van der Waals surface area contributed by atoms with Crippen molar-refractivity contribution in [3.05, 3.63) is 33.8 Å². The van der Waals surface area contributed by atoms with Crippen LogP contribution in [-0.2, 0) is 16.1 Å². The number of benzene rings is 1. The molecule has 1 saturated heterocycles. The lowest BCUT2D eigenvalue weighted by Crippen LogP contribution is -2.33. The Labute approximate surface area is 119 Å². The molecule has 100 valence electrons. The van der Waals surface area contributed by atoms with Crippen LogP contribution in [-0.4, -0.2) is 34.2 Å². The summed E-state index contributed by atoms with van der Waals surface area (Å²) in [5.74, 6) is -1.68. The third-order valence-electron chi connectivity index (χ3n) is 2.83. The van der Waals surface area contributed by atoms with Crippen LogP contribution in [0.3, 0.4) is 0 Å². The first-order valence-electron chi connectivity index (χ1n) is 5.57. The summed E-state index contributed by atoms with van der Waals surface area (Å²) in [4.78, 5) is 36.9. The van der Waals surface area contributed by atoms with Gasteiger partial charge in [-0.1, -0.05) is 29.3 Å². The monoisotopic (exact) mass is 300 g/mol. The quantitative estimate of drug-likeness (QED) is 0.636. The lowest BCUT2D eigenvalue weighted by Gasteiger charge is -2.15. The van der Waals surface area contributed by atoms with E-state index in [-0.39, 0.29) is 13.1 Å². The number of nitrogens with zero attached hydrogens (tertiary/aromatic N) is 2. The third-order valence-corrected chi connectivity index (χ3v) is 3.54. The standard InChI is InChI=1S/C12H10Cl2N2O3/c1-2-15-10(17)11(18)16(12(15)19)6-7-8(13)4-3-5-9(7)14/h3-5H,2,6H2,1H3. The molecule has 0 aliphatic carbocycles. The second-order valence-corrected chi connectivity index (χ2v) is 4.74. The Bertz CT molecular complexity index is 554. The number of urea groups is 1. The van der Waals surface area contributed by atoms with E-state index >= 15 is 0 Å². The molecule has 1 aliphatic heterocycles.